The summed E-state index contributed by atoms with van der Waals surface area (Å²) in [5.41, 5.74) is 1.77. The van der Waals surface area contributed by atoms with E-state index in [0.29, 0.717) is 24.0 Å². The molecule has 4 nitrogen and oxygen atoms in total. The predicted molar refractivity (Wildman–Crippen MR) is 48.4 cm³/mol. The lowest BCUT2D eigenvalue weighted by molar-refractivity contribution is -0.113. The molecule has 74 valence electrons. The molecule has 1 aliphatic heterocycles. The van der Waals surface area contributed by atoms with Gasteiger partial charge in [0.2, 0.25) is 5.76 Å². The van der Waals surface area contributed by atoms with Crippen molar-refractivity contribution in [2.24, 2.45) is 0 Å². The van der Waals surface area contributed by atoms with Crippen LogP contribution in [-0.4, -0.2) is 16.0 Å². The number of allylic oxidation sites excluding steroid dienone is 2. The summed E-state index contributed by atoms with van der Waals surface area (Å²) in [5.74, 6) is -0.945. The van der Waals surface area contributed by atoms with E-state index in [2.05, 4.69) is 0 Å². The molecule has 0 bridgehead atoms. The third-order valence-corrected chi connectivity index (χ3v) is 2.44. The van der Waals surface area contributed by atoms with Gasteiger partial charge in [0.15, 0.2) is 5.78 Å². The van der Waals surface area contributed by atoms with Gasteiger partial charge in [-0.3, -0.25) is 4.79 Å². The topological polar surface area (TPSA) is 66.8 Å². The molecule has 4 heteroatoms. The second-order valence-corrected chi connectivity index (χ2v) is 3.32. The average molecular weight is 194 g/mol. The van der Waals surface area contributed by atoms with Gasteiger partial charge in [0.05, 0.1) is 6.26 Å². The second kappa shape index (κ2) is 2.90. The maximum absolute atomic E-state index is 11.2. The van der Waals surface area contributed by atoms with Gasteiger partial charge in [-0.2, -0.15) is 0 Å². The van der Waals surface area contributed by atoms with Gasteiger partial charge in [-0.05, 0) is 25.3 Å². The third-order valence-electron chi connectivity index (χ3n) is 2.44. The molecule has 2 aliphatic rings. The van der Waals surface area contributed by atoms with Gasteiger partial charge in [0.1, 0.15) is 0 Å². The fourth-order valence-corrected chi connectivity index (χ4v) is 1.76. The van der Waals surface area contributed by atoms with Crippen LogP contribution in [0.4, 0.5) is 0 Å². The van der Waals surface area contributed by atoms with Crippen LogP contribution in [0.2, 0.25) is 0 Å². The summed E-state index contributed by atoms with van der Waals surface area (Å²) < 4.78 is 4.71. The Bertz CT molecular complexity index is 398. The maximum Gasteiger partial charge on any atom is 0.326 e. The Hall–Kier alpha value is -1.71. The Kier molecular flexibility index (Phi) is 1.84. The van der Waals surface area contributed by atoms with E-state index in [9.17, 15) is 9.90 Å². The Morgan fingerprint density at radius 1 is 1.43 bits per heavy atom. The number of hydrogen-bond donors (Lipinski definition) is 2. The van der Waals surface area contributed by atoms with Crippen molar-refractivity contribution in [3.8, 4) is 0 Å². The molecule has 2 rings (SSSR count). The van der Waals surface area contributed by atoms with Crippen LogP contribution < -0.4 is 0 Å². The van der Waals surface area contributed by atoms with Crippen LogP contribution in [0.25, 0.3) is 0 Å². The number of fused-ring (bicyclic) bond motifs is 1. The van der Waals surface area contributed by atoms with E-state index in [1.54, 1.807) is 0 Å². The zero-order valence-corrected chi connectivity index (χ0v) is 7.70. The number of ketones is 1. The molecule has 0 aromatic carbocycles. The molecule has 0 saturated heterocycles. The summed E-state index contributed by atoms with van der Waals surface area (Å²) >= 11 is 0. The molecule has 0 unspecified atom stereocenters. The number of carbonyl (C=O) groups is 1. The van der Waals surface area contributed by atoms with Crippen LogP contribution in [0, 0.1) is 0 Å². The molecule has 0 spiro atoms. The first-order valence-electron chi connectivity index (χ1n) is 4.34. The first kappa shape index (κ1) is 8.87. The number of hydrogen-bond acceptors (Lipinski definition) is 4. The van der Waals surface area contributed by atoms with Gasteiger partial charge < -0.3 is 14.9 Å². The van der Waals surface area contributed by atoms with Crippen molar-refractivity contribution < 1.29 is 19.7 Å². The van der Waals surface area contributed by atoms with Crippen molar-refractivity contribution in [2.45, 2.75) is 19.8 Å². The van der Waals surface area contributed by atoms with E-state index in [0.717, 1.165) is 5.57 Å². The van der Waals surface area contributed by atoms with Gasteiger partial charge >= 0.3 is 5.95 Å². The van der Waals surface area contributed by atoms with Crippen LogP contribution in [0.15, 0.2) is 34.7 Å². The minimum atomic E-state index is -0.538. The van der Waals surface area contributed by atoms with Crippen molar-refractivity contribution >= 4 is 5.78 Å². The molecule has 14 heavy (non-hydrogen) atoms. The number of ether oxygens (including phenoxy) is 1. The monoisotopic (exact) mass is 194 g/mol. The Morgan fingerprint density at radius 3 is 2.79 bits per heavy atom. The predicted octanol–water partition coefficient (Wildman–Crippen LogP) is 1.86. The molecule has 0 atom stereocenters. The highest BCUT2D eigenvalue weighted by molar-refractivity contribution is 5.96. The zero-order chi connectivity index (χ0) is 10.3. The zero-order valence-electron chi connectivity index (χ0n) is 7.70. The highest BCUT2D eigenvalue weighted by atomic mass is 16.6. The summed E-state index contributed by atoms with van der Waals surface area (Å²) in [6.07, 6.45) is 2.64. The lowest BCUT2D eigenvalue weighted by Gasteiger charge is -2.13. The average Bonchev–Trinajstić information content (AvgIpc) is 2.55. The van der Waals surface area contributed by atoms with Crippen LogP contribution in [0.3, 0.4) is 0 Å². The number of Topliss-reactive ketones (excluding diaryl/α,β-unsaturated/α-hetero) is 1. The fourth-order valence-electron chi connectivity index (χ4n) is 1.76. The fraction of sp³-hybridized carbons (Fsp3) is 0.300. The molecular formula is C10H10O4. The van der Waals surface area contributed by atoms with E-state index in [4.69, 9.17) is 9.84 Å². The van der Waals surface area contributed by atoms with E-state index in [1.165, 1.54) is 13.2 Å². The van der Waals surface area contributed by atoms with E-state index in [-0.39, 0.29) is 11.5 Å². The van der Waals surface area contributed by atoms with Gasteiger partial charge in [0.25, 0.3) is 0 Å². The SMILES string of the molecule is CC(=O)C1=C2C(=COC(O)=C2O)CC1. The first-order chi connectivity index (χ1) is 6.61. The summed E-state index contributed by atoms with van der Waals surface area (Å²) in [6, 6.07) is 0. The van der Waals surface area contributed by atoms with Crippen molar-refractivity contribution in [2.75, 3.05) is 0 Å². The minimum absolute atomic E-state index is 0.0790. The van der Waals surface area contributed by atoms with Crippen LogP contribution in [-0.2, 0) is 9.53 Å². The number of aliphatic hydroxyl groups excluding tert-OH is 2. The maximum atomic E-state index is 11.2. The highest BCUT2D eigenvalue weighted by Crippen LogP contribution is 2.39. The van der Waals surface area contributed by atoms with Crippen molar-refractivity contribution in [3.05, 3.63) is 34.7 Å². The van der Waals surface area contributed by atoms with E-state index in [1.807, 2.05) is 0 Å². The molecule has 1 aliphatic carbocycles. The number of carbonyl (C=O) groups excluding carboxylic acids is 1. The largest absolute Gasteiger partial charge is 0.501 e. The summed E-state index contributed by atoms with van der Waals surface area (Å²) in [7, 11) is 0. The molecule has 0 fully saturated rings. The van der Waals surface area contributed by atoms with Crippen LogP contribution in [0.1, 0.15) is 19.8 Å². The molecule has 0 saturated carbocycles. The van der Waals surface area contributed by atoms with Gasteiger partial charge in [-0.15, -0.1) is 0 Å². The summed E-state index contributed by atoms with van der Waals surface area (Å²) in [5, 5.41) is 18.7. The molecule has 0 aromatic rings. The number of rotatable bonds is 1. The lowest BCUT2D eigenvalue weighted by atomic mass is 10.0. The van der Waals surface area contributed by atoms with Crippen molar-refractivity contribution in [3.63, 3.8) is 0 Å². The summed E-state index contributed by atoms with van der Waals surface area (Å²) in [6.45, 7) is 1.45. The van der Waals surface area contributed by atoms with Crippen molar-refractivity contribution in [1.29, 1.82) is 0 Å². The van der Waals surface area contributed by atoms with Gasteiger partial charge in [-0.1, -0.05) is 0 Å². The Balaban J connectivity index is 2.56. The number of aliphatic hydroxyl groups is 2. The van der Waals surface area contributed by atoms with Gasteiger partial charge in [0, 0.05) is 11.1 Å². The lowest BCUT2D eigenvalue weighted by Crippen LogP contribution is -2.06. The van der Waals surface area contributed by atoms with Crippen molar-refractivity contribution in [1.82, 2.24) is 0 Å². The van der Waals surface area contributed by atoms with Crippen LogP contribution >= 0.6 is 0 Å². The molecule has 0 radical (unpaired) electrons. The quantitative estimate of drug-likeness (QED) is 0.668. The molecule has 1 heterocycles. The Morgan fingerprint density at radius 2 is 2.14 bits per heavy atom. The van der Waals surface area contributed by atoms with Crippen LogP contribution in [0.5, 0.6) is 0 Å². The smallest absolute Gasteiger partial charge is 0.326 e. The highest BCUT2D eigenvalue weighted by Gasteiger charge is 2.30. The molecule has 0 amide bonds. The normalized spacial score (nSPS) is 20.5. The Labute approximate surface area is 80.8 Å². The molecular weight excluding hydrogens is 184 g/mol. The van der Waals surface area contributed by atoms with Gasteiger partial charge in [-0.25, -0.2) is 0 Å². The minimum Gasteiger partial charge on any atom is -0.501 e. The first-order valence-corrected chi connectivity index (χ1v) is 4.34. The van der Waals surface area contributed by atoms with E-state index >= 15 is 0 Å². The standard InChI is InChI=1S/C10H10O4/c1-5(11)7-3-2-6-4-14-10(13)9(12)8(6)7/h4,12-13H,2-3H2,1H3. The third kappa shape index (κ3) is 1.11. The molecule has 2 N–H and O–H groups in total. The summed E-state index contributed by atoms with van der Waals surface area (Å²) in [4.78, 5) is 11.2. The molecule has 0 aromatic heterocycles. The second-order valence-electron chi connectivity index (χ2n) is 3.32. The van der Waals surface area contributed by atoms with E-state index < -0.39 is 5.95 Å².